The van der Waals surface area contributed by atoms with E-state index in [9.17, 15) is 25.5 Å². The summed E-state index contributed by atoms with van der Waals surface area (Å²) in [4.78, 5) is 0. The Balaban J connectivity index is 0.000000419. The van der Waals surface area contributed by atoms with E-state index >= 15 is 0 Å². The van der Waals surface area contributed by atoms with E-state index < -0.39 is 30.5 Å². The third-order valence-corrected chi connectivity index (χ3v) is 11.6. The van der Waals surface area contributed by atoms with E-state index in [2.05, 4.69) is 6.92 Å². The number of benzene rings is 5. The monoisotopic (exact) mass is 928 g/mol. The second-order valence-corrected chi connectivity index (χ2v) is 16.7. The number of aliphatic hydroxyl groups is 5. The summed E-state index contributed by atoms with van der Waals surface area (Å²) in [5, 5.41) is 49.2. The van der Waals surface area contributed by atoms with E-state index in [1.807, 2.05) is 163 Å². The van der Waals surface area contributed by atoms with Gasteiger partial charge in [-0.3, -0.25) is 0 Å². The normalized spacial score (nSPS) is 15.2. The molecular weight excluding hydrogens is 843 g/mol. The first-order valence-corrected chi connectivity index (χ1v) is 23.5. The first kappa shape index (κ1) is 60.3. The van der Waals surface area contributed by atoms with Crippen LogP contribution in [0.2, 0.25) is 0 Å². The van der Waals surface area contributed by atoms with Gasteiger partial charge in [0.05, 0.1) is 44.7 Å². The van der Waals surface area contributed by atoms with Gasteiger partial charge in [-0.05, 0) is 98.9 Å². The first-order valence-electron chi connectivity index (χ1n) is 23.5. The van der Waals surface area contributed by atoms with Crippen LogP contribution >= 0.6 is 0 Å². The molecule has 15 N–H and O–H groups in total. The summed E-state index contributed by atoms with van der Waals surface area (Å²) in [5.41, 5.74) is 36.4. The first-order chi connectivity index (χ1) is 31.9. The molecule has 5 rings (SSSR count). The summed E-state index contributed by atoms with van der Waals surface area (Å²) in [6.07, 6.45) is 1.10. The van der Waals surface area contributed by atoms with Crippen LogP contribution in [0.5, 0.6) is 11.5 Å². The second-order valence-electron chi connectivity index (χ2n) is 16.7. The molecule has 5 aromatic carbocycles. The van der Waals surface area contributed by atoms with Gasteiger partial charge in [0.1, 0.15) is 11.5 Å². The molecule has 12 heteroatoms. The second kappa shape index (κ2) is 32.9. The molecule has 0 amide bonds. The fourth-order valence-corrected chi connectivity index (χ4v) is 6.82. The maximum Gasteiger partial charge on any atom is 0.124 e. The Hall–Kier alpha value is -4.70. The topological polar surface area (TPSA) is 250 Å². The van der Waals surface area contributed by atoms with Crippen LogP contribution in [0, 0.1) is 13.8 Å². The van der Waals surface area contributed by atoms with Crippen molar-refractivity contribution in [2.24, 2.45) is 28.7 Å². The zero-order chi connectivity index (χ0) is 50.6. The molecule has 0 saturated heterocycles. The molecule has 10 atom stereocenters. The predicted octanol–water partition coefficient (Wildman–Crippen LogP) is 8.09. The minimum absolute atomic E-state index is 0.160. The standard InChI is InChI=1S/C12H19NO.2C11H17NO2.C11H17NO.C10H15NO/c1-3-9-7-5-6-8-10(9)12(14)11(13)4-2;1-7-4-5-10(14-3)9(6-7)11(13)8(2)12;1-3-9(12)11(13)8-6-4-5-7-10(8)14-2;1-3-10(12)11(13)9-7-5-4-6-8(9)2;1-2-9(11)10(12)8-6-4-3-5-7-8/h5-8,11-12,14H,3-4,13H2,1-2H3;4-6,8,11,13H,12H2,1-3H3;4-7,9,11,13H,3,12H2,1-2H3;4-7,10-11,13H,3,12H2,1-2H3;3-7,9-10,12H,2,11H2,1H3. The number of para-hydroxylation sites is 1. The van der Waals surface area contributed by atoms with E-state index in [1.54, 1.807) is 21.1 Å². The molecule has 0 heterocycles. The summed E-state index contributed by atoms with van der Waals surface area (Å²) in [5.74, 6) is 1.37. The Labute approximate surface area is 402 Å². The van der Waals surface area contributed by atoms with Crippen molar-refractivity contribution in [2.75, 3.05) is 14.2 Å². The molecule has 0 radical (unpaired) electrons. The summed E-state index contributed by atoms with van der Waals surface area (Å²) in [6, 6.07) is 37.3. The highest BCUT2D eigenvalue weighted by atomic mass is 16.5. The number of methoxy groups -OCH3 is 2. The van der Waals surface area contributed by atoms with Gasteiger partial charge >= 0.3 is 0 Å². The molecule has 67 heavy (non-hydrogen) atoms. The zero-order valence-corrected chi connectivity index (χ0v) is 41.8. The molecule has 12 nitrogen and oxygen atoms in total. The average molecular weight is 928 g/mol. The molecule has 372 valence electrons. The summed E-state index contributed by atoms with van der Waals surface area (Å²) in [7, 11) is 3.17. The highest BCUT2D eigenvalue weighted by Gasteiger charge is 2.20. The number of aliphatic hydroxyl groups excluding tert-OH is 5. The number of hydrogen-bond acceptors (Lipinski definition) is 12. The van der Waals surface area contributed by atoms with Crippen LogP contribution in [0.1, 0.15) is 142 Å². The van der Waals surface area contributed by atoms with Gasteiger partial charge in [-0.2, -0.15) is 0 Å². The van der Waals surface area contributed by atoms with Gasteiger partial charge in [0.25, 0.3) is 0 Å². The quantitative estimate of drug-likeness (QED) is 0.0425. The van der Waals surface area contributed by atoms with Crippen molar-refractivity contribution in [3.05, 3.63) is 166 Å². The largest absolute Gasteiger partial charge is 0.496 e. The maximum atomic E-state index is 9.98. The van der Waals surface area contributed by atoms with Crippen molar-refractivity contribution in [3.8, 4) is 11.5 Å². The number of nitrogens with two attached hydrogens (primary N) is 5. The number of ether oxygens (including phenoxy) is 2. The minimum atomic E-state index is -0.676. The predicted molar refractivity (Wildman–Crippen MR) is 276 cm³/mol. The van der Waals surface area contributed by atoms with Crippen LogP contribution < -0.4 is 38.1 Å². The van der Waals surface area contributed by atoms with Crippen LogP contribution in [-0.2, 0) is 6.42 Å². The van der Waals surface area contributed by atoms with E-state index in [0.717, 1.165) is 71.0 Å². The lowest BCUT2D eigenvalue weighted by Crippen LogP contribution is -2.28. The molecule has 0 spiro atoms. The van der Waals surface area contributed by atoms with E-state index in [1.165, 1.54) is 5.56 Å². The molecule has 10 unspecified atom stereocenters. The zero-order valence-electron chi connectivity index (χ0n) is 41.8. The lowest BCUT2D eigenvalue weighted by molar-refractivity contribution is 0.141. The Kier molecular flexibility index (Phi) is 29.6. The van der Waals surface area contributed by atoms with Crippen LogP contribution in [-0.4, -0.2) is 70.0 Å². The molecule has 0 fully saturated rings. The average Bonchev–Trinajstić information content (AvgIpc) is 3.37. The van der Waals surface area contributed by atoms with Crippen molar-refractivity contribution in [1.82, 2.24) is 0 Å². The molecule has 0 aliphatic heterocycles. The van der Waals surface area contributed by atoms with Gasteiger partial charge in [0.15, 0.2) is 0 Å². The van der Waals surface area contributed by atoms with Crippen LogP contribution in [0.15, 0.2) is 121 Å². The minimum Gasteiger partial charge on any atom is -0.496 e. The van der Waals surface area contributed by atoms with Gasteiger partial charge in [0.2, 0.25) is 0 Å². The number of rotatable bonds is 17. The smallest absolute Gasteiger partial charge is 0.124 e. The Morgan fingerprint density at radius 1 is 0.433 bits per heavy atom. The Morgan fingerprint density at radius 2 is 0.836 bits per heavy atom. The van der Waals surface area contributed by atoms with Crippen LogP contribution in [0.25, 0.3) is 0 Å². The lowest BCUT2D eigenvalue weighted by Gasteiger charge is -2.20. The number of hydrogen-bond donors (Lipinski definition) is 10. The van der Waals surface area contributed by atoms with Crippen molar-refractivity contribution >= 4 is 0 Å². The van der Waals surface area contributed by atoms with Gasteiger partial charge < -0.3 is 63.7 Å². The summed E-state index contributed by atoms with van der Waals surface area (Å²) < 4.78 is 10.3. The molecule has 0 aliphatic carbocycles. The molecular formula is C55H85N5O7. The SMILES string of the molecule is CCC(N)C(O)c1ccccc1.CCC(N)C(O)c1ccccc1C.CCC(N)C(O)c1ccccc1OC.CCc1ccccc1C(O)C(N)CC.COc1ccc(C)cc1C(O)C(C)N. The van der Waals surface area contributed by atoms with Gasteiger partial charge in [-0.1, -0.05) is 143 Å². The van der Waals surface area contributed by atoms with E-state index in [4.69, 9.17) is 38.1 Å². The summed E-state index contributed by atoms with van der Waals surface area (Å²) in [6.45, 7) is 15.7. The summed E-state index contributed by atoms with van der Waals surface area (Å²) >= 11 is 0. The molecule has 0 saturated carbocycles. The Morgan fingerprint density at radius 3 is 1.31 bits per heavy atom. The fraction of sp³-hybridized carbons (Fsp3) is 0.455. The van der Waals surface area contributed by atoms with Crippen molar-refractivity contribution in [3.63, 3.8) is 0 Å². The molecule has 0 aromatic heterocycles. The molecule has 5 aromatic rings. The lowest BCUT2D eigenvalue weighted by atomic mass is 9.95. The van der Waals surface area contributed by atoms with E-state index in [-0.39, 0.29) is 30.2 Å². The van der Waals surface area contributed by atoms with E-state index in [0.29, 0.717) is 11.5 Å². The maximum absolute atomic E-state index is 9.98. The fourth-order valence-electron chi connectivity index (χ4n) is 6.82. The van der Waals surface area contributed by atoms with Crippen LogP contribution in [0.4, 0.5) is 0 Å². The molecule has 0 aliphatic rings. The number of aryl methyl sites for hydroxylation is 3. The highest BCUT2D eigenvalue weighted by molar-refractivity contribution is 5.39. The highest BCUT2D eigenvalue weighted by Crippen LogP contribution is 2.29. The van der Waals surface area contributed by atoms with Gasteiger partial charge in [0, 0.05) is 41.3 Å². The van der Waals surface area contributed by atoms with Gasteiger partial charge in [-0.15, -0.1) is 0 Å². The van der Waals surface area contributed by atoms with Crippen molar-refractivity contribution in [2.45, 2.75) is 148 Å². The Bertz CT molecular complexity index is 2000. The van der Waals surface area contributed by atoms with Crippen LogP contribution in [0.3, 0.4) is 0 Å². The van der Waals surface area contributed by atoms with Gasteiger partial charge in [-0.25, -0.2) is 0 Å². The third-order valence-electron chi connectivity index (χ3n) is 11.6. The molecule has 0 bridgehead atoms. The third kappa shape index (κ3) is 20.2. The van der Waals surface area contributed by atoms with Crippen molar-refractivity contribution in [1.29, 1.82) is 0 Å². The van der Waals surface area contributed by atoms with Crippen molar-refractivity contribution < 1.29 is 35.0 Å².